The second-order valence-electron chi connectivity index (χ2n) is 5.49. The van der Waals surface area contributed by atoms with Crippen LogP contribution in [0, 0.1) is 10.1 Å². The molecule has 1 aliphatic rings. The summed E-state index contributed by atoms with van der Waals surface area (Å²) >= 11 is 0. The van der Waals surface area contributed by atoms with Crippen LogP contribution in [0.2, 0.25) is 0 Å². The molecule has 1 aliphatic heterocycles. The number of rotatable bonds is 7. The highest BCUT2D eigenvalue weighted by molar-refractivity contribution is 5.62. The predicted octanol–water partition coefficient (Wildman–Crippen LogP) is 2.85. The molecule has 0 spiro atoms. The van der Waals surface area contributed by atoms with Crippen molar-refractivity contribution in [2.45, 2.75) is 52.2 Å². The van der Waals surface area contributed by atoms with Crippen LogP contribution in [0.25, 0.3) is 0 Å². The van der Waals surface area contributed by atoms with E-state index in [1.165, 1.54) is 0 Å². The molecule has 0 aromatic carbocycles. The minimum absolute atomic E-state index is 0.00460. The highest BCUT2D eigenvalue weighted by atomic mass is 16.6. The Morgan fingerprint density at radius 1 is 1.50 bits per heavy atom. The maximum Gasteiger partial charge on any atom is 0.372 e. The fourth-order valence-corrected chi connectivity index (χ4v) is 2.21. The van der Waals surface area contributed by atoms with Crippen LogP contribution in [0.5, 0.6) is 5.88 Å². The van der Waals surface area contributed by atoms with E-state index in [1.807, 2.05) is 20.8 Å². The van der Waals surface area contributed by atoms with Crippen molar-refractivity contribution in [2.75, 3.05) is 18.5 Å². The second-order valence-corrected chi connectivity index (χ2v) is 5.49. The fourth-order valence-electron chi connectivity index (χ4n) is 2.21. The zero-order chi connectivity index (χ0) is 16.1. The summed E-state index contributed by atoms with van der Waals surface area (Å²) in [5.74, 6) is 0.638. The van der Waals surface area contributed by atoms with Gasteiger partial charge in [-0.2, -0.15) is 4.98 Å². The number of ether oxygens (including phenoxy) is 2. The Bertz CT molecular complexity index is 530. The summed E-state index contributed by atoms with van der Waals surface area (Å²) in [4.78, 5) is 19.4. The van der Waals surface area contributed by atoms with Crippen molar-refractivity contribution in [2.24, 2.45) is 0 Å². The lowest BCUT2D eigenvalue weighted by Gasteiger charge is -2.15. The number of hydrogen-bond acceptors (Lipinski definition) is 7. The van der Waals surface area contributed by atoms with E-state index in [-0.39, 0.29) is 29.5 Å². The van der Waals surface area contributed by atoms with Gasteiger partial charge in [-0.1, -0.05) is 6.92 Å². The molecule has 8 nitrogen and oxygen atoms in total. The molecule has 1 unspecified atom stereocenters. The maximum absolute atomic E-state index is 11.4. The van der Waals surface area contributed by atoms with E-state index >= 15 is 0 Å². The standard InChI is InChI=1S/C14H22N4O4/c1-4-7-22-14-11(18(19)20)13(15-9(2)3)16-12(17-14)10-6-5-8-21-10/h9-10H,4-8H2,1-3H3,(H,15,16,17). The van der Waals surface area contributed by atoms with E-state index in [0.29, 0.717) is 19.0 Å². The molecule has 1 aromatic rings. The zero-order valence-corrected chi connectivity index (χ0v) is 13.2. The highest BCUT2D eigenvalue weighted by Gasteiger charge is 2.30. The zero-order valence-electron chi connectivity index (χ0n) is 13.2. The summed E-state index contributed by atoms with van der Waals surface area (Å²) in [7, 11) is 0. The first-order valence-corrected chi connectivity index (χ1v) is 7.60. The Balaban J connectivity index is 2.45. The van der Waals surface area contributed by atoms with Gasteiger partial charge in [-0.3, -0.25) is 10.1 Å². The summed E-state index contributed by atoms with van der Waals surface area (Å²) in [6.45, 7) is 6.74. The minimum Gasteiger partial charge on any atom is -0.473 e. The molecular weight excluding hydrogens is 288 g/mol. The van der Waals surface area contributed by atoms with Crippen LogP contribution in [0.3, 0.4) is 0 Å². The number of anilines is 1. The van der Waals surface area contributed by atoms with Gasteiger partial charge in [-0.25, -0.2) is 4.98 Å². The smallest absolute Gasteiger partial charge is 0.372 e. The van der Waals surface area contributed by atoms with Gasteiger partial charge in [0.25, 0.3) is 5.88 Å². The largest absolute Gasteiger partial charge is 0.473 e. The third kappa shape index (κ3) is 3.82. The molecule has 122 valence electrons. The normalized spacial score (nSPS) is 17.7. The first kappa shape index (κ1) is 16.4. The topological polar surface area (TPSA) is 99.4 Å². The van der Waals surface area contributed by atoms with Crippen molar-refractivity contribution in [1.29, 1.82) is 0 Å². The third-order valence-electron chi connectivity index (χ3n) is 3.14. The van der Waals surface area contributed by atoms with Gasteiger partial charge in [0.2, 0.25) is 5.82 Å². The number of hydrogen-bond donors (Lipinski definition) is 1. The van der Waals surface area contributed by atoms with E-state index in [1.54, 1.807) is 0 Å². The van der Waals surface area contributed by atoms with Gasteiger partial charge >= 0.3 is 5.69 Å². The summed E-state index contributed by atoms with van der Waals surface area (Å²) in [5, 5.41) is 14.4. The Morgan fingerprint density at radius 3 is 2.82 bits per heavy atom. The average molecular weight is 310 g/mol. The van der Waals surface area contributed by atoms with Crippen LogP contribution in [0.1, 0.15) is 52.0 Å². The van der Waals surface area contributed by atoms with E-state index in [9.17, 15) is 10.1 Å². The van der Waals surface area contributed by atoms with Crippen molar-refractivity contribution in [3.05, 3.63) is 15.9 Å². The molecular formula is C14H22N4O4. The van der Waals surface area contributed by atoms with Gasteiger partial charge in [0.1, 0.15) is 6.10 Å². The van der Waals surface area contributed by atoms with Gasteiger partial charge in [0.05, 0.1) is 11.5 Å². The van der Waals surface area contributed by atoms with E-state index in [0.717, 1.165) is 19.3 Å². The third-order valence-corrected chi connectivity index (χ3v) is 3.14. The predicted molar refractivity (Wildman–Crippen MR) is 81.2 cm³/mol. The van der Waals surface area contributed by atoms with E-state index in [2.05, 4.69) is 15.3 Å². The van der Waals surface area contributed by atoms with Crippen LogP contribution < -0.4 is 10.1 Å². The lowest BCUT2D eigenvalue weighted by molar-refractivity contribution is -0.385. The summed E-state index contributed by atoms with van der Waals surface area (Å²) in [6, 6.07) is 0.00460. The van der Waals surface area contributed by atoms with Crippen molar-refractivity contribution in [1.82, 2.24) is 9.97 Å². The Labute approximate surface area is 129 Å². The van der Waals surface area contributed by atoms with Crippen molar-refractivity contribution >= 4 is 11.5 Å². The van der Waals surface area contributed by atoms with Crippen LogP contribution >= 0.6 is 0 Å². The molecule has 1 aromatic heterocycles. The van der Waals surface area contributed by atoms with Gasteiger partial charge in [0, 0.05) is 12.6 Å². The Kier molecular flexibility index (Phi) is 5.48. The van der Waals surface area contributed by atoms with Crippen LogP contribution in [0.15, 0.2) is 0 Å². The van der Waals surface area contributed by atoms with E-state index < -0.39 is 4.92 Å². The maximum atomic E-state index is 11.4. The van der Waals surface area contributed by atoms with Crippen molar-refractivity contribution in [3.63, 3.8) is 0 Å². The average Bonchev–Trinajstić information content (AvgIpc) is 2.97. The van der Waals surface area contributed by atoms with Crippen LogP contribution in [-0.4, -0.2) is 34.1 Å². The fraction of sp³-hybridized carbons (Fsp3) is 0.714. The molecule has 8 heteroatoms. The number of nitrogens with zero attached hydrogens (tertiary/aromatic N) is 3. The molecule has 22 heavy (non-hydrogen) atoms. The van der Waals surface area contributed by atoms with Gasteiger partial charge in [-0.05, 0) is 33.1 Å². The summed E-state index contributed by atoms with van der Waals surface area (Å²) < 4.78 is 11.1. The molecule has 0 radical (unpaired) electrons. The second kappa shape index (κ2) is 7.35. The molecule has 2 heterocycles. The summed E-state index contributed by atoms with van der Waals surface area (Å²) in [5.41, 5.74) is -0.219. The molecule has 0 saturated carbocycles. The number of nitro groups is 1. The quantitative estimate of drug-likeness (QED) is 0.610. The summed E-state index contributed by atoms with van der Waals surface area (Å²) in [6.07, 6.45) is 2.26. The molecule has 1 saturated heterocycles. The molecule has 1 fully saturated rings. The van der Waals surface area contributed by atoms with Gasteiger partial charge in [0.15, 0.2) is 5.82 Å². The van der Waals surface area contributed by atoms with Crippen LogP contribution in [-0.2, 0) is 4.74 Å². The molecule has 2 rings (SSSR count). The van der Waals surface area contributed by atoms with Crippen molar-refractivity contribution in [3.8, 4) is 5.88 Å². The minimum atomic E-state index is -0.505. The molecule has 1 atom stereocenters. The van der Waals surface area contributed by atoms with E-state index in [4.69, 9.17) is 9.47 Å². The van der Waals surface area contributed by atoms with Gasteiger partial charge < -0.3 is 14.8 Å². The Morgan fingerprint density at radius 2 is 2.27 bits per heavy atom. The first-order chi connectivity index (χ1) is 10.5. The molecule has 0 bridgehead atoms. The van der Waals surface area contributed by atoms with Gasteiger partial charge in [-0.15, -0.1) is 0 Å². The number of aromatic nitrogens is 2. The molecule has 0 aliphatic carbocycles. The van der Waals surface area contributed by atoms with Crippen molar-refractivity contribution < 1.29 is 14.4 Å². The monoisotopic (exact) mass is 310 g/mol. The van der Waals surface area contributed by atoms with Crippen LogP contribution in [0.4, 0.5) is 11.5 Å². The first-order valence-electron chi connectivity index (χ1n) is 7.60. The number of nitrogens with one attached hydrogen (secondary N) is 1. The molecule has 1 N–H and O–H groups in total. The lowest BCUT2D eigenvalue weighted by Crippen LogP contribution is -2.17. The highest BCUT2D eigenvalue weighted by Crippen LogP contribution is 2.36. The SMILES string of the molecule is CCCOc1nc(C2CCCO2)nc(NC(C)C)c1[N+](=O)[O-]. The molecule has 0 amide bonds. The lowest BCUT2D eigenvalue weighted by atomic mass is 10.2. The Hall–Kier alpha value is -1.96.